The zero-order valence-electron chi connectivity index (χ0n) is 17.0. The molecule has 1 aromatic rings. The van der Waals surface area contributed by atoms with Crippen LogP contribution in [-0.4, -0.2) is 46.7 Å². The standard InChI is InChI=1S/C20H34N4O3S/c1-3-5-6-13-22-20(21-4-2)23-15-17-9-11-19(12-10-17)28(25,26)24-16-18-8-7-14-27-18/h9-12,18,24H,3-8,13-16H2,1-2H3,(H2,21,22,23). The average Bonchev–Trinajstić information content (AvgIpc) is 3.22. The number of ether oxygens (including phenoxy) is 1. The fraction of sp³-hybridized carbons (Fsp3) is 0.650. The lowest BCUT2D eigenvalue weighted by Crippen LogP contribution is -2.37. The summed E-state index contributed by atoms with van der Waals surface area (Å²) in [5.74, 6) is 0.786. The third-order valence-electron chi connectivity index (χ3n) is 4.60. The summed E-state index contributed by atoms with van der Waals surface area (Å²) in [7, 11) is -3.51. The maximum Gasteiger partial charge on any atom is 0.240 e. The lowest BCUT2D eigenvalue weighted by Gasteiger charge is -2.12. The largest absolute Gasteiger partial charge is 0.377 e. The first-order chi connectivity index (χ1) is 13.5. The van der Waals surface area contributed by atoms with Crippen LogP contribution in [0, 0.1) is 0 Å². The zero-order valence-corrected chi connectivity index (χ0v) is 17.9. The molecular weight excluding hydrogens is 376 g/mol. The van der Waals surface area contributed by atoms with E-state index in [1.807, 2.05) is 19.1 Å². The lowest BCUT2D eigenvalue weighted by atomic mass is 10.2. The second-order valence-corrected chi connectivity index (χ2v) is 8.73. The second kappa shape index (κ2) is 12.0. The first-order valence-corrected chi connectivity index (χ1v) is 11.8. The minimum Gasteiger partial charge on any atom is -0.377 e. The Kier molecular flexibility index (Phi) is 9.73. The van der Waals surface area contributed by atoms with Gasteiger partial charge in [-0.1, -0.05) is 31.9 Å². The molecule has 158 valence electrons. The summed E-state index contributed by atoms with van der Waals surface area (Å²) < 4.78 is 32.9. The summed E-state index contributed by atoms with van der Waals surface area (Å²) in [6.07, 6.45) is 5.38. The molecule has 2 rings (SSSR count). The van der Waals surface area contributed by atoms with Gasteiger partial charge in [0, 0.05) is 26.2 Å². The first-order valence-electron chi connectivity index (χ1n) is 10.3. The van der Waals surface area contributed by atoms with E-state index in [1.54, 1.807) is 12.1 Å². The van der Waals surface area contributed by atoms with Crippen molar-refractivity contribution >= 4 is 16.0 Å². The van der Waals surface area contributed by atoms with Crippen molar-refractivity contribution in [2.75, 3.05) is 26.2 Å². The van der Waals surface area contributed by atoms with Crippen molar-refractivity contribution in [3.8, 4) is 0 Å². The van der Waals surface area contributed by atoms with E-state index >= 15 is 0 Å². The van der Waals surface area contributed by atoms with Gasteiger partial charge in [-0.3, -0.25) is 0 Å². The Morgan fingerprint density at radius 2 is 1.96 bits per heavy atom. The number of unbranched alkanes of at least 4 members (excludes halogenated alkanes) is 2. The van der Waals surface area contributed by atoms with E-state index in [9.17, 15) is 8.42 Å². The molecule has 0 bridgehead atoms. The van der Waals surface area contributed by atoms with E-state index in [0.29, 0.717) is 19.7 Å². The molecule has 0 saturated carbocycles. The third kappa shape index (κ3) is 7.77. The van der Waals surface area contributed by atoms with E-state index < -0.39 is 10.0 Å². The highest BCUT2D eigenvalue weighted by Gasteiger charge is 2.20. The minimum absolute atomic E-state index is 0.0160. The van der Waals surface area contributed by atoms with Crippen molar-refractivity contribution in [2.24, 2.45) is 4.99 Å². The molecule has 1 saturated heterocycles. The molecule has 1 aromatic carbocycles. The number of hydrogen-bond donors (Lipinski definition) is 3. The number of sulfonamides is 1. The smallest absolute Gasteiger partial charge is 0.240 e. The normalized spacial score (nSPS) is 17.6. The molecular formula is C20H34N4O3S. The van der Waals surface area contributed by atoms with Gasteiger partial charge in [0.25, 0.3) is 0 Å². The summed E-state index contributed by atoms with van der Waals surface area (Å²) in [5, 5.41) is 6.56. The van der Waals surface area contributed by atoms with Crippen molar-refractivity contribution in [1.82, 2.24) is 15.4 Å². The van der Waals surface area contributed by atoms with Crippen LogP contribution in [0.1, 0.15) is 51.5 Å². The SMILES string of the molecule is CCCCCNC(=NCc1ccc(S(=O)(=O)NCC2CCCO2)cc1)NCC. The van der Waals surface area contributed by atoms with Gasteiger partial charge in [-0.25, -0.2) is 18.1 Å². The van der Waals surface area contributed by atoms with E-state index in [0.717, 1.165) is 43.9 Å². The molecule has 1 fully saturated rings. The van der Waals surface area contributed by atoms with E-state index in [2.05, 4.69) is 27.3 Å². The monoisotopic (exact) mass is 410 g/mol. The van der Waals surface area contributed by atoms with Crippen molar-refractivity contribution in [3.05, 3.63) is 29.8 Å². The number of rotatable bonds is 11. The number of nitrogens with one attached hydrogen (secondary N) is 3. The third-order valence-corrected chi connectivity index (χ3v) is 6.03. The van der Waals surface area contributed by atoms with Crippen LogP contribution in [0.2, 0.25) is 0 Å². The minimum atomic E-state index is -3.51. The van der Waals surface area contributed by atoms with Crippen molar-refractivity contribution in [3.63, 3.8) is 0 Å². The van der Waals surface area contributed by atoms with Gasteiger partial charge in [0.1, 0.15) is 0 Å². The molecule has 8 heteroatoms. The molecule has 1 heterocycles. The molecule has 28 heavy (non-hydrogen) atoms. The highest BCUT2D eigenvalue weighted by molar-refractivity contribution is 7.89. The number of hydrogen-bond acceptors (Lipinski definition) is 4. The number of aliphatic imine (C=N–C) groups is 1. The van der Waals surface area contributed by atoms with Gasteiger partial charge in [-0.2, -0.15) is 0 Å². The van der Waals surface area contributed by atoms with Crippen LogP contribution in [0.4, 0.5) is 0 Å². The lowest BCUT2D eigenvalue weighted by molar-refractivity contribution is 0.114. The molecule has 7 nitrogen and oxygen atoms in total. The van der Waals surface area contributed by atoms with Crippen LogP contribution in [0.25, 0.3) is 0 Å². The van der Waals surface area contributed by atoms with Gasteiger partial charge in [0.2, 0.25) is 10.0 Å². The van der Waals surface area contributed by atoms with Crippen LogP contribution >= 0.6 is 0 Å². The van der Waals surface area contributed by atoms with Crippen LogP contribution < -0.4 is 15.4 Å². The van der Waals surface area contributed by atoms with Gasteiger partial charge in [0.05, 0.1) is 17.5 Å². The summed E-state index contributed by atoms with van der Waals surface area (Å²) in [4.78, 5) is 4.84. The molecule has 0 aromatic heterocycles. The fourth-order valence-electron chi connectivity index (χ4n) is 2.96. The van der Waals surface area contributed by atoms with Crippen LogP contribution in [-0.2, 0) is 21.3 Å². The zero-order chi connectivity index (χ0) is 20.2. The molecule has 3 N–H and O–H groups in total. The highest BCUT2D eigenvalue weighted by atomic mass is 32.2. The Bertz CT molecular complexity index is 699. The molecule has 0 radical (unpaired) electrons. The maximum absolute atomic E-state index is 12.4. The Labute approximate surface area is 169 Å². The van der Waals surface area contributed by atoms with Crippen molar-refractivity contribution in [1.29, 1.82) is 0 Å². The molecule has 1 unspecified atom stereocenters. The Morgan fingerprint density at radius 1 is 1.18 bits per heavy atom. The van der Waals surface area contributed by atoms with Crippen LogP contribution in [0.3, 0.4) is 0 Å². The average molecular weight is 411 g/mol. The molecule has 0 spiro atoms. The van der Waals surface area contributed by atoms with Gasteiger partial charge in [-0.05, 0) is 43.9 Å². The van der Waals surface area contributed by atoms with Crippen molar-refractivity contribution in [2.45, 2.75) is 63.5 Å². The van der Waals surface area contributed by atoms with Crippen LogP contribution in [0.15, 0.2) is 34.2 Å². The van der Waals surface area contributed by atoms with E-state index in [-0.39, 0.29) is 11.0 Å². The highest BCUT2D eigenvalue weighted by Crippen LogP contribution is 2.14. The fourth-order valence-corrected chi connectivity index (χ4v) is 4.03. The Balaban J connectivity index is 1.88. The molecule has 1 aliphatic heterocycles. The molecule has 0 amide bonds. The molecule has 0 aliphatic carbocycles. The topological polar surface area (TPSA) is 91.8 Å². The number of guanidine groups is 1. The Hall–Kier alpha value is -1.64. The first kappa shape index (κ1) is 22.6. The molecule has 1 aliphatic rings. The predicted octanol–water partition coefficient (Wildman–Crippen LogP) is 2.39. The molecule has 1 atom stereocenters. The number of benzene rings is 1. The van der Waals surface area contributed by atoms with Gasteiger partial charge in [0.15, 0.2) is 5.96 Å². The van der Waals surface area contributed by atoms with Gasteiger partial charge < -0.3 is 15.4 Å². The second-order valence-electron chi connectivity index (χ2n) is 6.96. The number of nitrogens with zero attached hydrogens (tertiary/aromatic N) is 1. The van der Waals surface area contributed by atoms with E-state index in [4.69, 9.17) is 4.74 Å². The summed E-state index contributed by atoms with van der Waals surface area (Å²) in [6.45, 7) is 7.44. The quantitative estimate of drug-likeness (QED) is 0.296. The predicted molar refractivity (Wildman–Crippen MR) is 113 cm³/mol. The van der Waals surface area contributed by atoms with E-state index in [1.165, 1.54) is 12.8 Å². The summed E-state index contributed by atoms with van der Waals surface area (Å²) >= 11 is 0. The van der Waals surface area contributed by atoms with Gasteiger partial charge >= 0.3 is 0 Å². The summed E-state index contributed by atoms with van der Waals surface area (Å²) in [6, 6.07) is 6.88. The summed E-state index contributed by atoms with van der Waals surface area (Å²) in [5.41, 5.74) is 0.962. The van der Waals surface area contributed by atoms with Gasteiger partial charge in [-0.15, -0.1) is 0 Å². The van der Waals surface area contributed by atoms with Crippen molar-refractivity contribution < 1.29 is 13.2 Å². The van der Waals surface area contributed by atoms with Crippen LogP contribution in [0.5, 0.6) is 0 Å². The Morgan fingerprint density at radius 3 is 2.61 bits per heavy atom. The maximum atomic E-state index is 12.4.